The molecule has 0 aliphatic carbocycles. The smallest absolute Gasteiger partial charge is 0.328 e. The summed E-state index contributed by atoms with van der Waals surface area (Å²) in [6.07, 6.45) is 0. The van der Waals surface area contributed by atoms with Crippen LogP contribution in [0.15, 0.2) is 24.0 Å². The number of nitrogens with zero attached hydrogens (tertiary/aromatic N) is 3. The highest BCUT2D eigenvalue weighted by atomic mass is 16.3. The Kier molecular flexibility index (Phi) is 6.19. The highest BCUT2D eigenvalue weighted by molar-refractivity contribution is 5.51. The van der Waals surface area contributed by atoms with Crippen LogP contribution in [0, 0.1) is 20.8 Å². The van der Waals surface area contributed by atoms with Gasteiger partial charge in [-0.15, -0.1) is 0 Å². The molecule has 0 saturated heterocycles. The number of rotatable bonds is 5. The number of aromatic amines is 5. The van der Waals surface area contributed by atoms with Gasteiger partial charge in [0.05, 0.1) is 22.3 Å². The minimum Gasteiger partial charge on any atom is -0.494 e. The maximum absolute atomic E-state index is 13.1. The van der Waals surface area contributed by atoms with E-state index in [0.29, 0.717) is 0 Å². The quantitative estimate of drug-likeness (QED) is 0.136. The van der Waals surface area contributed by atoms with Gasteiger partial charge in [-0.1, -0.05) is 0 Å². The zero-order chi connectivity index (χ0) is 28.0. The van der Waals surface area contributed by atoms with Gasteiger partial charge in [0.25, 0.3) is 22.2 Å². The number of hydrogen-bond acceptors (Lipinski definition) is 12. The topological polar surface area (TPSA) is 284 Å². The molecule has 0 bridgehead atoms. The molecule has 0 aliphatic heterocycles. The Hall–Kier alpha value is -5.48. The second kappa shape index (κ2) is 9.19. The lowest BCUT2D eigenvalue weighted by molar-refractivity contribution is 0.400. The van der Waals surface area contributed by atoms with E-state index in [1.807, 2.05) is 9.97 Å². The Labute approximate surface area is 208 Å². The Morgan fingerprint density at radius 2 is 0.816 bits per heavy atom. The third kappa shape index (κ3) is 4.31. The van der Waals surface area contributed by atoms with Gasteiger partial charge in [-0.3, -0.25) is 29.1 Å². The van der Waals surface area contributed by atoms with E-state index in [9.17, 15) is 44.4 Å². The molecule has 1 atom stereocenters. The standard InChI is InChI=1S/C21H20N8O9/c1-4-22-13(30)9(14(31)23-4)7(10-15(32)24-5(2)25-16(10)33)8(11-17(34)26-6(3)27-18(11)35)12-19(36)28-21(38)29-20(12)37/h7-8H,1-3H3,(H2,22,23,30,31)(H2,24,25,32,33)(H2,26,27,34,35)(H3,28,29,36,37,38)/t8-/m0/s1. The number of H-pyrrole nitrogens is 5. The van der Waals surface area contributed by atoms with Crippen molar-refractivity contribution >= 4 is 0 Å². The third-order valence-corrected chi connectivity index (χ3v) is 5.70. The van der Waals surface area contributed by atoms with Gasteiger partial charge in [-0.05, 0) is 20.8 Å². The molecule has 0 radical (unpaired) electrons. The number of nitrogens with one attached hydrogen (secondary N) is 5. The maximum Gasteiger partial charge on any atom is 0.328 e. The lowest BCUT2D eigenvalue weighted by atomic mass is 9.75. The van der Waals surface area contributed by atoms with Crippen LogP contribution in [0.25, 0.3) is 0 Å². The summed E-state index contributed by atoms with van der Waals surface area (Å²) in [5.41, 5.74) is -8.78. The molecule has 0 fully saturated rings. The lowest BCUT2D eigenvalue weighted by Crippen LogP contribution is -2.36. The van der Waals surface area contributed by atoms with Gasteiger partial charge in [0, 0.05) is 11.8 Å². The average molecular weight is 528 g/mol. The second-order valence-electron chi connectivity index (χ2n) is 8.29. The van der Waals surface area contributed by atoms with Crippen LogP contribution in [0.1, 0.15) is 51.6 Å². The molecule has 17 heteroatoms. The van der Waals surface area contributed by atoms with Crippen molar-refractivity contribution in [3.63, 3.8) is 0 Å². The van der Waals surface area contributed by atoms with E-state index in [1.54, 1.807) is 0 Å². The largest absolute Gasteiger partial charge is 0.494 e. The summed E-state index contributed by atoms with van der Waals surface area (Å²) < 4.78 is 0. The molecular formula is C21H20N8O9. The van der Waals surface area contributed by atoms with Crippen LogP contribution in [-0.2, 0) is 0 Å². The van der Waals surface area contributed by atoms with E-state index in [4.69, 9.17) is 0 Å². The first kappa shape index (κ1) is 25.6. The molecule has 0 saturated carbocycles. The molecule has 4 rings (SSSR count). The summed E-state index contributed by atoms with van der Waals surface area (Å²) in [5.74, 6) is -8.32. The van der Waals surface area contributed by atoms with Gasteiger partial charge in [-0.2, -0.15) is 0 Å². The third-order valence-electron chi connectivity index (χ3n) is 5.70. The Bertz CT molecular complexity index is 1820. The van der Waals surface area contributed by atoms with Crippen molar-refractivity contribution in [3.8, 4) is 23.5 Å². The van der Waals surface area contributed by atoms with Gasteiger partial charge in [0.15, 0.2) is 0 Å². The zero-order valence-electron chi connectivity index (χ0n) is 19.8. The predicted molar refractivity (Wildman–Crippen MR) is 127 cm³/mol. The molecule has 4 aromatic heterocycles. The first-order valence-corrected chi connectivity index (χ1v) is 10.7. The molecule has 17 nitrogen and oxygen atoms in total. The fourth-order valence-electron chi connectivity index (χ4n) is 4.31. The highest BCUT2D eigenvalue weighted by Gasteiger charge is 2.42. The molecule has 4 aromatic rings. The molecule has 0 amide bonds. The summed E-state index contributed by atoms with van der Waals surface area (Å²) in [7, 11) is 0. The second-order valence-corrected chi connectivity index (χ2v) is 8.29. The fourth-order valence-corrected chi connectivity index (χ4v) is 4.31. The van der Waals surface area contributed by atoms with Crippen LogP contribution in [0.4, 0.5) is 0 Å². The summed E-state index contributed by atoms with van der Waals surface area (Å²) in [5, 5.41) is 42.8. The summed E-state index contributed by atoms with van der Waals surface area (Å²) in [6, 6.07) is 0. The molecular weight excluding hydrogens is 508 g/mol. The molecule has 0 aromatic carbocycles. The van der Waals surface area contributed by atoms with E-state index in [2.05, 4.69) is 29.9 Å². The van der Waals surface area contributed by atoms with Crippen molar-refractivity contribution in [1.82, 2.24) is 39.9 Å². The van der Waals surface area contributed by atoms with Crippen LogP contribution in [-0.4, -0.2) is 60.3 Å². The molecule has 4 heterocycles. The van der Waals surface area contributed by atoms with Crippen molar-refractivity contribution in [1.29, 1.82) is 0 Å². The SMILES string of the molecule is Cc1nc(O)c(C(c2c(O)nc(C)[nH]c2=O)[C@@H](c2c(O)nc(C)[nH]c2=O)c2c(O)[nH]c(=O)[nH]c2=O)c(=O)[nH]1. The minimum atomic E-state index is -2.06. The number of hydrogen-bond donors (Lipinski definition) is 9. The van der Waals surface area contributed by atoms with E-state index < -0.39 is 85.5 Å². The van der Waals surface area contributed by atoms with Gasteiger partial charge in [0.2, 0.25) is 23.5 Å². The summed E-state index contributed by atoms with van der Waals surface area (Å²) in [6.45, 7) is 3.98. The maximum atomic E-state index is 13.1. The monoisotopic (exact) mass is 528 g/mol. The van der Waals surface area contributed by atoms with Crippen molar-refractivity contribution in [2.45, 2.75) is 32.6 Å². The van der Waals surface area contributed by atoms with Crippen molar-refractivity contribution in [2.75, 3.05) is 0 Å². The first-order valence-electron chi connectivity index (χ1n) is 10.7. The van der Waals surface area contributed by atoms with Crippen LogP contribution in [0.2, 0.25) is 0 Å². The first-order chi connectivity index (χ1) is 17.8. The van der Waals surface area contributed by atoms with Crippen LogP contribution < -0.4 is 27.9 Å². The normalized spacial score (nSPS) is 12.1. The number of aromatic nitrogens is 8. The highest BCUT2D eigenvalue weighted by Crippen LogP contribution is 2.46. The van der Waals surface area contributed by atoms with E-state index in [-0.39, 0.29) is 17.5 Å². The average Bonchev–Trinajstić information content (AvgIpc) is 2.74. The van der Waals surface area contributed by atoms with Crippen molar-refractivity contribution in [3.05, 3.63) is 91.6 Å². The van der Waals surface area contributed by atoms with Gasteiger partial charge in [0.1, 0.15) is 17.5 Å². The molecule has 0 aliphatic rings. The molecule has 198 valence electrons. The molecule has 0 unspecified atom stereocenters. The molecule has 0 spiro atoms. The van der Waals surface area contributed by atoms with E-state index in [0.717, 1.165) is 0 Å². The van der Waals surface area contributed by atoms with Crippen LogP contribution in [0.3, 0.4) is 0 Å². The van der Waals surface area contributed by atoms with Gasteiger partial charge in [-0.25, -0.2) is 19.7 Å². The van der Waals surface area contributed by atoms with Gasteiger partial charge >= 0.3 is 5.69 Å². The summed E-state index contributed by atoms with van der Waals surface area (Å²) >= 11 is 0. The number of aryl methyl sites for hydroxylation is 3. The molecule has 38 heavy (non-hydrogen) atoms. The number of aromatic hydroxyl groups is 4. The Balaban J connectivity index is 2.30. The summed E-state index contributed by atoms with van der Waals surface area (Å²) in [4.78, 5) is 86.1. The molecule has 9 N–H and O–H groups in total. The van der Waals surface area contributed by atoms with Crippen LogP contribution in [0.5, 0.6) is 23.5 Å². The Morgan fingerprint density at radius 1 is 0.500 bits per heavy atom. The van der Waals surface area contributed by atoms with Crippen molar-refractivity contribution in [2.24, 2.45) is 0 Å². The Morgan fingerprint density at radius 3 is 1.13 bits per heavy atom. The van der Waals surface area contributed by atoms with Crippen molar-refractivity contribution < 1.29 is 20.4 Å². The lowest BCUT2D eigenvalue weighted by Gasteiger charge is -2.27. The zero-order valence-corrected chi connectivity index (χ0v) is 19.8. The van der Waals surface area contributed by atoms with Crippen LogP contribution >= 0.6 is 0 Å². The van der Waals surface area contributed by atoms with E-state index >= 15 is 0 Å². The van der Waals surface area contributed by atoms with Gasteiger partial charge < -0.3 is 35.4 Å². The fraction of sp³-hybridized carbons (Fsp3) is 0.238. The van der Waals surface area contributed by atoms with E-state index in [1.165, 1.54) is 20.8 Å². The minimum absolute atomic E-state index is 0.0610. The predicted octanol–water partition coefficient (Wildman–Crippen LogP) is -1.98.